The van der Waals surface area contributed by atoms with Crippen LogP contribution in [0.15, 0.2) is 281 Å². The van der Waals surface area contributed by atoms with Gasteiger partial charge in [-0.15, -0.1) is 0 Å². The Labute approximate surface area is 477 Å². The van der Waals surface area contributed by atoms with Crippen LogP contribution in [0.25, 0.3) is 198 Å². The molecule has 0 saturated heterocycles. The predicted molar refractivity (Wildman–Crippen MR) is 343 cm³/mol. The van der Waals surface area contributed by atoms with Crippen molar-refractivity contribution in [3.8, 4) is 66.8 Å². The van der Waals surface area contributed by atoms with Crippen LogP contribution in [0.2, 0.25) is 0 Å². The lowest BCUT2D eigenvalue weighted by Gasteiger charge is -2.12. The molecule has 19 rings (SSSR count). The Morgan fingerprint density at radius 2 is 0.321 bits per heavy atom. The van der Waals surface area contributed by atoms with Crippen LogP contribution in [0.5, 0.6) is 0 Å². The van der Waals surface area contributed by atoms with Crippen molar-refractivity contribution in [2.24, 2.45) is 0 Å². The molecule has 19 aromatic rings. The highest BCUT2D eigenvalue weighted by Crippen LogP contribution is 2.46. The normalized spacial score (nSPS) is 12.3. The average Bonchev–Trinajstić information content (AvgIpc) is 2.43. The summed E-state index contributed by atoms with van der Waals surface area (Å²) in [7, 11) is 0. The van der Waals surface area contributed by atoms with Gasteiger partial charge in [0, 0.05) is 64.6 Å². The van der Waals surface area contributed by atoms with Crippen LogP contribution in [-0.4, -0.2) is 0 Å². The molecule has 0 saturated carbocycles. The largest absolute Gasteiger partial charge is 0.452 e. The Morgan fingerprint density at radius 3 is 0.524 bits per heavy atom. The first-order valence-electron chi connectivity index (χ1n) is 28.3. The molecular weight excluding hydrogens is 1030 g/mol. The zero-order valence-corrected chi connectivity index (χ0v) is 44.7. The second-order valence-corrected chi connectivity index (χ2v) is 22.2. The lowest BCUT2D eigenvalue weighted by Crippen LogP contribution is -1.87. The molecule has 0 unspecified atom stereocenters. The summed E-state index contributed by atoms with van der Waals surface area (Å²) in [5, 5.41) is 12.3. The van der Waals surface area contributed by atoms with Gasteiger partial charge in [-0.3, -0.25) is 0 Å². The molecule has 0 N–H and O–H groups in total. The third-order valence-corrected chi connectivity index (χ3v) is 17.5. The van der Waals surface area contributed by atoms with E-state index in [2.05, 4.69) is 237 Å². The predicted octanol–water partition coefficient (Wildman–Crippen LogP) is 23.1. The smallest absolute Gasteiger partial charge is 0.178 e. The van der Waals surface area contributed by atoms with Gasteiger partial charge in [0.2, 0.25) is 0 Å². The fraction of sp³-hybridized carbons (Fsp3) is 0. The van der Waals surface area contributed by atoms with Gasteiger partial charge in [0.15, 0.2) is 33.5 Å². The first-order valence-corrected chi connectivity index (χ1v) is 28.3. The van der Waals surface area contributed by atoms with Crippen LogP contribution in [-0.2, 0) is 0 Å². The highest BCUT2D eigenvalue weighted by molar-refractivity contribution is 6.22. The van der Waals surface area contributed by atoms with E-state index < -0.39 is 0 Å². The van der Waals surface area contributed by atoms with Crippen molar-refractivity contribution in [1.29, 1.82) is 0 Å². The Morgan fingerprint density at radius 1 is 0.131 bits per heavy atom. The molecule has 0 fully saturated rings. The second-order valence-electron chi connectivity index (χ2n) is 22.2. The van der Waals surface area contributed by atoms with E-state index in [-0.39, 0.29) is 0 Å². The van der Waals surface area contributed by atoms with Gasteiger partial charge < -0.3 is 26.5 Å². The van der Waals surface area contributed by atoms with E-state index in [1.807, 2.05) is 18.2 Å². The second kappa shape index (κ2) is 17.1. The molecule has 0 amide bonds. The topological polar surface area (TPSA) is 78.8 Å². The molecule has 0 aliphatic heterocycles. The molecule has 0 bridgehead atoms. The van der Waals surface area contributed by atoms with Gasteiger partial charge in [0.05, 0.1) is 0 Å². The first kappa shape index (κ1) is 45.4. The molecule has 390 valence electrons. The van der Waals surface area contributed by atoms with E-state index in [4.69, 9.17) is 26.5 Å². The van der Waals surface area contributed by atoms with Crippen LogP contribution < -0.4 is 0 Å². The third kappa shape index (κ3) is 6.73. The van der Waals surface area contributed by atoms with Gasteiger partial charge in [-0.25, -0.2) is 0 Å². The highest BCUT2D eigenvalue weighted by Gasteiger charge is 2.22. The molecule has 0 aliphatic carbocycles. The molecule has 6 heteroatoms. The van der Waals surface area contributed by atoms with Gasteiger partial charge in [0.1, 0.15) is 33.5 Å². The molecule has 84 heavy (non-hydrogen) atoms. The van der Waals surface area contributed by atoms with Crippen LogP contribution in [0.4, 0.5) is 0 Å². The van der Waals surface area contributed by atoms with Crippen molar-refractivity contribution in [3.05, 3.63) is 255 Å². The zero-order chi connectivity index (χ0) is 54.7. The minimum Gasteiger partial charge on any atom is -0.452 e. The lowest BCUT2D eigenvalue weighted by atomic mass is 9.92. The van der Waals surface area contributed by atoms with E-state index in [0.29, 0.717) is 0 Å². The minimum atomic E-state index is 0.738. The van der Waals surface area contributed by atoms with Crippen molar-refractivity contribution >= 4 is 132 Å². The van der Waals surface area contributed by atoms with Crippen molar-refractivity contribution in [1.82, 2.24) is 0 Å². The first-order chi connectivity index (χ1) is 41.5. The van der Waals surface area contributed by atoms with Crippen LogP contribution in [0, 0.1) is 0 Å². The average molecular weight is 1080 g/mol. The molecule has 6 nitrogen and oxygen atoms in total. The highest BCUT2D eigenvalue weighted by atomic mass is 16.4. The number of benzene rings is 13. The van der Waals surface area contributed by atoms with Crippen molar-refractivity contribution in [2.75, 3.05) is 0 Å². The fourth-order valence-corrected chi connectivity index (χ4v) is 13.3. The molecule has 6 aromatic heterocycles. The SMILES string of the molecule is c1ccc(-c2ccc3oc4c(ccc5c6cc(-c7cc(-c8ccc9oc%10c(ccc%11c%12cc(-c%13ccccc%13)ccc%12oc%11%10)c9c8)cc(-c8ccc9oc%10c(ccc%11c%12cc(-c%13ccccc%13)ccc%12oc%11%10)c9c8)c7)ccc6oc54)c3c2)cc1. The standard InChI is InChI=1S/C78H42O6/c1-4-10-43(11-5-1)46-16-28-67-61(37-46)55-22-25-58-64-40-49(19-31-70(64)82-76(58)73(55)79-67)52-34-53(50-20-32-71-65(41-50)59-26-23-56-62-38-47(44-12-6-2-7-13-44)17-29-68(62)80-74(56)77(59)83-71)36-54(35-52)51-21-33-72-66(42-51)60-27-24-57-63-39-48(45-14-8-3-9-15-45)18-30-69(63)81-75(57)78(60)84-72/h1-42H. The van der Waals surface area contributed by atoms with Gasteiger partial charge in [-0.05, 0) is 194 Å². The van der Waals surface area contributed by atoms with Gasteiger partial charge in [-0.1, -0.05) is 127 Å². The number of hydrogen-bond acceptors (Lipinski definition) is 6. The number of rotatable bonds is 6. The summed E-state index contributed by atoms with van der Waals surface area (Å²) in [5.74, 6) is 0. The van der Waals surface area contributed by atoms with Crippen LogP contribution >= 0.6 is 0 Å². The summed E-state index contributed by atoms with van der Waals surface area (Å²) in [4.78, 5) is 0. The minimum absolute atomic E-state index is 0.738. The van der Waals surface area contributed by atoms with Crippen molar-refractivity contribution < 1.29 is 26.5 Å². The summed E-state index contributed by atoms with van der Waals surface area (Å²) in [6.45, 7) is 0. The van der Waals surface area contributed by atoms with E-state index in [0.717, 1.165) is 198 Å². The quantitative estimate of drug-likeness (QED) is 0.165. The van der Waals surface area contributed by atoms with Gasteiger partial charge >= 0.3 is 0 Å². The van der Waals surface area contributed by atoms with Crippen LogP contribution in [0.1, 0.15) is 0 Å². The van der Waals surface area contributed by atoms with Crippen molar-refractivity contribution in [2.45, 2.75) is 0 Å². The zero-order valence-electron chi connectivity index (χ0n) is 44.7. The van der Waals surface area contributed by atoms with E-state index in [1.54, 1.807) is 0 Å². The fourth-order valence-electron chi connectivity index (χ4n) is 13.3. The molecule has 0 atom stereocenters. The number of furan rings is 6. The summed E-state index contributed by atoms with van der Waals surface area (Å²) in [5.41, 5.74) is 22.6. The maximum absolute atomic E-state index is 6.73. The summed E-state index contributed by atoms with van der Waals surface area (Å²) < 4.78 is 40.1. The Bertz CT molecular complexity index is 5370. The molecule has 13 aromatic carbocycles. The van der Waals surface area contributed by atoms with Crippen LogP contribution in [0.3, 0.4) is 0 Å². The number of hydrogen-bond donors (Lipinski definition) is 0. The molecule has 0 aliphatic rings. The van der Waals surface area contributed by atoms with Crippen molar-refractivity contribution in [3.63, 3.8) is 0 Å². The van der Waals surface area contributed by atoms with Gasteiger partial charge in [0.25, 0.3) is 0 Å². The Balaban J connectivity index is 0.765. The molecule has 6 heterocycles. The molecule has 0 radical (unpaired) electrons. The maximum Gasteiger partial charge on any atom is 0.178 e. The third-order valence-electron chi connectivity index (χ3n) is 17.5. The molecule has 0 spiro atoms. The van der Waals surface area contributed by atoms with E-state index in [9.17, 15) is 0 Å². The van der Waals surface area contributed by atoms with E-state index >= 15 is 0 Å². The summed E-state index contributed by atoms with van der Waals surface area (Å²) >= 11 is 0. The Kier molecular flexibility index (Phi) is 9.24. The van der Waals surface area contributed by atoms with Gasteiger partial charge in [-0.2, -0.15) is 0 Å². The summed E-state index contributed by atoms with van der Waals surface area (Å²) in [6.07, 6.45) is 0. The summed E-state index contributed by atoms with van der Waals surface area (Å²) in [6, 6.07) is 90.1. The maximum atomic E-state index is 6.73. The number of fused-ring (bicyclic) bond motifs is 21. The monoisotopic (exact) mass is 1070 g/mol. The lowest BCUT2D eigenvalue weighted by molar-refractivity contribution is 0.633. The Hall–Kier alpha value is -11.3. The molecular formula is C78H42O6. The van der Waals surface area contributed by atoms with E-state index in [1.165, 1.54) is 0 Å².